The van der Waals surface area contributed by atoms with Crippen LogP contribution in [0.2, 0.25) is 0 Å². The number of sulfonamides is 1. The van der Waals surface area contributed by atoms with Gasteiger partial charge in [-0.1, -0.05) is 0 Å². The summed E-state index contributed by atoms with van der Waals surface area (Å²) in [4.78, 5) is 15.4. The molecule has 2 aliphatic rings. The largest absolute Gasteiger partial charge is 0.339 e. The van der Waals surface area contributed by atoms with E-state index in [0.29, 0.717) is 30.3 Å². The molecule has 3 rings (SSSR count). The molecule has 2 saturated heterocycles. The number of hydrogen-bond donors (Lipinski definition) is 1. The molecule has 2 aliphatic heterocycles. The van der Waals surface area contributed by atoms with Crippen molar-refractivity contribution >= 4 is 39.7 Å². The van der Waals surface area contributed by atoms with Crippen LogP contribution in [0.15, 0.2) is 16.3 Å². The molecule has 23 heavy (non-hydrogen) atoms. The van der Waals surface area contributed by atoms with Crippen molar-refractivity contribution < 1.29 is 13.2 Å². The van der Waals surface area contributed by atoms with Gasteiger partial charge < -0.3 is 10.2 Å². The fourth-order valence-corrected chi connectivity index (χ4v) is 6.10. The van der Waals surface area contributed by atoms with Crippen molar-refractivity contribution in [3.8, 4) is 0 Å². The van der Waals surface area contributed by atoms with E-state index in [0.717, 1.165) is 24.4 Å². The van der Waals surface area contributed by atoms with E-state index in [9.17, 15) is 13.2 Å². The third kappa shape index (κ3) is 3.71. The maximum absolute atomic E-state index is 12.8. The number of nitrogens with one attached hydrogen (secondary N) is 1. The summed E-state index contributed by atoms with van der Waals surface area (Å²) in [5.74, 6) is -0.0455. The zero-order valence-corrected chi connectivity index (χ0v) is 15.5. The van der Waals surface area contributed by atoms with Crippen molar-refractivity contribution in [2.75, 3.05) is 32.7 Å². The lowest BCUT2D eigenvalue weighted by atomic mass is 10.2. The molecule has 0 radical (unpaired) electrons. The first kappa shape index (κ1) is 18.7. The molecule has 2 fully saturated rings. The Kier molecular flexibility index (Phi) is 6.07. The monoisotopic (exact) mass is 379 g/mol. The summed E-state index contributed by atoms with van der Waals surface area (Å²) in [5.41, 5.74) is 0. The van der Waals surface area contributed by atoms with E-state index >= 15 is 0 Å². The predicted molar refractivity (Wildman–Crippen MR) is 92.7 cm³/mol. The van der Waals surface area contributed by atoms with Gasteiger partial charge in [0.05, 0.1) is 0 Å². The zero-order chi connectivity index (χ0) is 15.7. The molecule has 9 heteroatoms. The molecule has 0 spiro atoms. The smallest absolute Gasteiger partial charge is 0.253 e. The molecular formula is C14H22ClN3O3S2. The minimum Gasteiger partial charge on any atom is -0.339 e. The van der Waals surface area contributed by atoms with Gasteiger partial charge in [0, 0.05) is 37.6 Å². The van der Waals surface area contributed by atoms with Crippen LogP contribution in [0.1, 0.15) is 17.7 Å². The van der Waals surface area contributed by atoms with E-state index in [2.05, 4.69) is 5.32 Å². The highest BCUT2D eigenvalue weighted by Gasteiger charge is 2.41. The third-order valence-corrected chi connectivity index (χ3v) is 7.57. The highest BCUT2D eigenvalue weighted by Crippen LogP contribution is 2.30. The Morgan fingerprint density at radius 2 is 1.96 bits per heavy atom. The van der Waals surface area contributed by atoms with Crippen LogP contribution in [-0.4, -0.2) is 62.3 Å². The Morgan fingerprint density at radius 3 is 2.57 bits per heavy atom. The highest BCUT2D eigenvalue weighted by atomic mass is 35.5. The quantitative estimate of drug-likeness (QED) is 0.852. The Balaban J connectivity index is 0.00000192. The second kappa shape index (κ2) is 7.48. The van der Waals surface area contributed by atoms with Crippen LogP contribution in [0.5, 0.6) is 0 Å². The molecular weight excluding hydrogens is 358 g/mol. The molecule has 0 aromatic carbocycles. The minimum absolute atomic E-state index is 0. The maximum Gasteiger partial charge on any atom is 0.253 e. The maximum atomic E-state index is 12.8. The lowest BCUT2D eigenvalue weighted by molar-refractivity contribution is -0.135. The van der Waals surface area contributed by atoms with E-state index in [-0.39, 0.29) is 18.3 Å². The Morgan fingerprint density at radius 1 is 1.26 bits per heavy atom. The topological polar surface area (TPSA) is 69.7 Å². The molecule has 1 aromatic heterocycles. The van der Waals surface area contributed by atoms with Crippen LogP contribution in [-0.2, 0) is 14.8 Å². The number of aryl methyl sites for hydroxylation is 1. The van der Waals surface area contributed by atoms with E-state index in [1.807, 2.05) is 6.92 Å². The van der Waals surface area contributed by atoms with Crippen molar-refractivity contribution in [1.82, 2.24) is 14.5 Å². The summed E-state index contributed by atoms with van der Waals surface area (Å²) in [6.07, 6.45) is 1.36. The molecule has 1 amide bonds. The Bertz CT molecular complexity index is 656. The molecule has 0 saturated carbocycles. The Hall–Kier alpha value is -0.670. The predicted octanol–water partition coefficient (Wildman–Crippen LogP) is 1.06. The first-order valence-electron chi connectivity index (χ1n) is 7.58. The summed E-state index contributed by atoms with van der Waals surface area (Å²) < 4.78 is 27.3. The van der Waals surface area contributed by atoms with Gasteiger partial charge in [-0.15, -0.1) is 23.7 Å². The molecule has 1 aromatic rings. The van der Waals surface area contributed by atoms with Crippen LogP contribution in [0, 0.1) is 6.92 Å². The fraction of sp³-hybridized carbons (Fsp3) is 0.643. The standard InChI is InChI=1S/C14H21N3O3S2.ClH/c1-11-4-5-13(21-11)22(19,20)17-8-2-3-12(17)14(18)16-9-6-15-7-10-16;/h4-5,12,15H,2-3,6-10H2,1H3;1H. The lowest BCUT2D eigenvalue weighted by Crippen LogP contribution is -2.53. The van der Waals surface area contributed by atoms with Crippen molar-refractivity contribution in [1.29, 1.82) is 0 Å². The average Bonchev–Trinajstić information content (AvgIpc) is 3.16. The van der Waals surface area contributed by atoms with Gasteiger partial charge in [0.25, 0.3) is 10.0 Å². The number of amides is 1. The first-order valence-corrected chi connectivity index (χ1v) is 9.83. The van der Waals surface area contributed by atoms with Gasteiger partial charge >= 0.3 is 0 Å². The van der Waals surface area contributed by atoms with Crippen LogP contribution in [0.4, 0.5) is 0 Å². The van der Waals surface area contributed by atoms with Gasteiger partial charge in [0.2, 0.25) is 5.91 Å². The minimum atomic E-state index is -3.56. The first-order chi connectivity index (χ1) is 10.5. The normalized spacial score (nSPS) is 22.8. The summed E-state index contributed by atoms with van der Waals surface area (Å²) in [5, 5.41) is 3.21. The fourth-order valence-electron chi connectivity index (χ4n) is 3.04. The number of thiophene rings is 1. The Labute approximate surface area is 147 Å². The molecule has 0 bridgehead atoms. The van der Waals surface area contributed by atoms with Gasteiger partial charge in [-0.3, -0.25) is 4.79 Å². The van der Waals surface area contributed by atoms with E-state index in [4.69, 9.17) is 0 Å². The highest BCUT2D eigenvalue weighted by molar-refractivity contribution is 7.91. The van der Waals surface area contributed by atoms with Crippen LogP contribution in [0.25, 0.3) is 0 Å². The summed E-state index contributed by atoms with van der Waals surface area (Å²) in [6, 6.07) is 2.91. The van der Waals surface area contributed by atoms with Crippen LogP contribution >= 0.6 is 23.7 Å². The SMILES string of the molecule is Cc1ccc(S(=O)(=O)N2CCCC2C(=O)N2CCNCC2)s1.Cl. The molecule has 1 unspecified atom stereocenters. The number of halogens is 1. The van der Waals surface area contributed by atoms with Gasteiger partial charge in [0.15, 0.2) is 0 Å². The average molecular weight is 380 g/mol. The molecule has 1 N–H and O–H groups in total. The van der Waals surface area contributed by atoms with Crippen molar-refractivity contribution in [3.63, 3.8) is 0 Å². The van der Waals surface area contributed by atoms with E-state index < -0.39 is 16.1 Å². The van der Waals surface area contributed by atoms with Gasteiger partial charge in [-0.05, 0) is 31.9 Å². The number of carbonyl (C=O) groups excluding carboxylic acids is 1. The number of carbonyl (C=O) groups is 1. The number of piperazine rings is 1. The van der Waals surface area contributed by atoms with Gasteiger partial charge in [-0.2, -0.15) is 4.31 Å². The number of rotatable bonds is 3. The summed E-state index contributed by atoms with van der Waals surface area (Å²) in [6.45, 7) is 5.17. The van der Waals surface area contributed by atoms with Gasteiger partial charge in [-0.25, -0.2) is 8.42 Å². The van der Waals surface area contributed by atoms with Crippen molar-refractivity contribution in [3.05, 3.63) is 17.0 Å². The third-order valence-electron chi connectivity index (χ3n) is 4.20. The number of nitrogens with zero attached hydrogens (tertiary/aromatic N) is 2. The van der Waals surface area contributed by atoms with Crippen molar-refractivity contribution in [2.24, 2.45) is 0 Å². The molecule has 130 valence electrons. The van der Waals surface area contributed by atoms with Gasteiger partial charge in [0.1, 0.15) is 10.3 Å². The van der Waals surface area contributed by atoms with Crippen molar-refractivity contribution in [2.45, 2.75) is 30.0 Å². The number of hydrogen-bond acceptors (Lipinski definition) is 5. The van der Waals surface area contributed by atoms with E-state index in [1.165, 1.54) is 15.6 Å². The second-order valence-electron chi connectivity index (χ2n) is 5.71. The lowest BCUT2D eigenvalue weighted by Gasteiger charge is -2.32. The van der Waals surface area contributed by atoms with E-state index in [1.54, 1.807) is 17.0 Å². The zero-order valence-electron chi connectivity index (χ0n) is 13.0. The molecule has 3 heterocycles. The summed E-state index contributed by atoms with van der Waals surface area (Å²) >= 11 is 1.27. The second-order valence-corrected chi connectivity index (χ2v) is 9.12. The molecule has 1 atom stereocenters. The van der Waals surface area contributed by atoms with Crippen LogP contribution in [0.3, 0.4) is 0 Å². The van der Waals surface area contributed by atoms with Crippen LogP contribution < -0.4 is 5.32 Å². The molecule has 6 nitrogen and oxygen atoms in total. The molecule has 0 aliphatic carbocycles. The summed E-state index contributed by atoms with van der Waals surface area (Å²) in [7, 11) is -3.56.